The smallest absolute Gasteiger partial charge is 0.231 e. The summed E-state index contributed by atoms with van der Waals surface area (Å²) in [5.41, 5.74) is 2.96. The lowest BCUT2D eigenvalue weighted by Crippen LogP contribution is -2.02. The van der Waals surface area contributed by atoms with Gasteiger partial charge in [0.05, 0.1) is 10.6 Å². The lowest BCUT2D eigenvalue weighted by atomic mass is 10.1. The minimum atomic E-state index is 0.0109. The molecule has 0 fully saturated rings. The van der Waals surface area contributed by atoms with E-state index in [1.54, 1.807) is 6.21 Å². The molecule has 1 aliphatic rings. The van der Waals surface area contributed by atoms with E-state index >= 15 is 0 Å². The second-order valence-electron chi connectivity index (χ2n) is 4.59. The average Bonchev–Trinajstić information content (AvgIpc) is 3.05. The molecule has 0 aliphatic carbocycles. The maximum absolute atomic E-state index is 9.92. The van der Waals surface area contributed by atoms with Crippen molar-refractivity contribution < 1.29 is 10.2 Å². The normalized spacial score (nSPS) is 14.6. The van der Waals surface area contributed by atoms with Gasteiger partial charge in [0.2, 0.25) is 5.88 Å². The molecule has 3 N–H and O–H groups in total. The Kier molecular flexibility index (Phi) is 3.98. The molecule has 6 heteroatoms. The van der Waals surface area contributed by atoms with Gasteiger partial charge in [-0.25, -0.2) is 0 Å². The molecule has 1 aliphatic heterocycles. The van der Waals surface area contributed by atoms with Gasteiger partial charge >= 0.3 is 0 Å². The number of anilines is 1. The van der Waals surface area contributed by atoms with Gasteiger partial charge < -0.3 is 15.5 Å². The first-order valence-corrected chi connectivity index (χ1v) is 7.49. The number of aromatic hydroxyl groups is 1. The largest absolute Gasteiger partial charge is 0.492 e. The molecule has 0 saturated heterocycles. The van der Waals surface area contributed by atoms with E-state index < -0.39 is 0 Å². The molecule has 5 nitrogen and oxygen atoms in total. The molecule has 1 aromatic heterocycles. The van der Waals surface area contributed by atoms with Gasteiger partial charge in [0, 0.05) is 30.5 Å². The number of fused-ring (bicyclic) bond motifs is 1. The zero-order valence-electron chi connectivity index (χ0n) is 11.3. The Bertz CT molecular complexity index is 707. The number of nitrogens with zero attached hydrogens (tertiary/aromatic N) is 2. The number of hydrogen-bond donors (Lipinski definition) is 3. The van der Waals surface area contributed by atoms with Crippen molar-refractivity contribution in [2.45, 2.75) is 6.42 Å². The molecule has 0 spiro atoms. The SMILES string of the molecule is OCCCNc1nc(O)c(C=C2C=Nc3ccccc32)s1. The molecule has 0 unspecified atom stereocenters. The first-order chi connectivity index (χ1) is 10.3. The van der Waals surface area contributed by atoms with Gasteiger partial charge in [-0.2, -0.15) is 4.98 Å². The number of benzene rings is 1. The Morgan fingerprint density at radius 1 is 1.29 bits per heavy atom. The summed E-state index contributed by atoms with van der Waals surface area (Å²) in [6.07, 6.45) is 4.33. The van der Waals surface area contributed by atoms with Gasteiger partial charge in [-0.3, -0.25) is 4.99 Å². The fraction of sp³-hybridized carbons (Fsp3) is 0.200. The van der Waals surface area contributed by atoms with E-state index in [2.05, 4.69) is 15.3 Å². The van der Waals surface area contributed by atoms with Crippen LogP contribution in [0.15, 0.2) is 29.3 Å². The predicted molar refractivity (Wildman–Crippen MR) is 86.4 cm³/mol. The quantitative estimate of drug-likeness (QED) is 0.742. The van der Waals surface area contributed by atoms with Crippen LogP contribution in [-0.4, -0.2) is 34.6 Å². The molecule has 0 saturated carbocycles. The van der Waals surface area contributed by atoms with Crippen molar-refractivity contribution >= 4 is 40.0 Å². The van der Waals surface area contributed by atoms with Crippen LogP contribution in [0, 0.1) is 0 Å². The molecule has 21 heavy (non-hydrogen) atoms. The molecular weight excluding hydrogens is 286 g/mol. The van der Waals surface area contributed by atoms with Crippen LogP contribution in [-0.2, 0) is 0 Å². The van der Waals surface area contributed by atoms with Crippen LogP contribution in [0.3, 0.4) is 0 Å². The molecule has 0 bridgehead atoms. The second-order valence-corrected chi connectivity index (χ2v) is 5.62. The summed E-state index contributed by atoms with van der Waals surface area (Å²) in [6, 6.07) is 7.88. The van der Waals surface area contributed by atoms with E-state index in [0.717, 1.165) is 16.8 Å². The summed E-state index contributed by atoms with van der Waals surface area (Å²) in [5, 5.41) is 22.4. The topological polar surface area (TPSA) is 77.7 Å². The summed E-state index contributed by atoms with van der Waals surface area (Å²) < 4.78 is 0. The zero-order chi connectivity index (χ0) is 14.7. The maximum atomic E-state index is 9.92. The minimum absolute atomic E-state index is 0.0109. The lowest BCUT2D eigenvalue weighted by molar-refractivity contribution is 0.292. The third-order valence-corrected chi connectivity index (χ3v) is 4.04. The highest BCUT2D eigenvalue weighted by atomic mass is 32.1. The van der Waals surface area contributed by atoms with Crippen molar-refractivity contribution in [1.82, 2.24) is 4.98 Å². The van der Waals surface area contributed by atoms with E-state index in [4.69, 9.17) is 5.11 Å². The van der Waals surface area contributed by atoms with Gasteiger partial charge in [0.1, 0.15) is 0 Å². The highest BCUT2D eigenvalue weighted by Gasteiger charge is 2.14. The van der Waals surface area contributed by atoms with Crippen LogP contribution in [0.4, 0.5) is 10.8 Å². The van der Waals surface area contributed by atoms with Gasteiger partial charge in [-0.1, -0.05) is 29.5 Å². The van der Waals surface area contributed by atoms with Crippen LogP contribution >= 0.6 is 11.3 Å². The van der Waals surface area contributed by atoms with E-state index in [1.165, 1.54) is 11.3 Å². The predicted octanol–water partition coefficient (Wildman–Crippen LogP) is 2.90. The molecule has 0 atom stereocenters. The number of nitrogens with one attached hydrogen (secondary N) is 1. The first-order valence-electron chi connectivity index (χ1n) is 6.67. The Balaban J connectivity index is 1.82. The molecular formula is C15H15N3O2S. The number of aliphatic hydroxyl groups is 1. The van der Waals surface area contributed by atoms with Crippen LogP contribution in [0.1, 0.15) is 16.9 Å². The average molecular weight is 301 g/mol. The second kappa shape index (κ2) is 6.07. The zero-order valence-corrected chi connectivity index (χ0v) is 12.1. The summed E-state index contributed by atoms with van der Waals surface area (Å²) in [6.45, 7) is 0.762. The first kappa shape index (κ1) is 13.8. The Morgan fingerprint density at radius 2 is 2.14 bits per heavy atom. The summed E-state index contributed by atoms with van der Waals surface area (Å²) in [7, 11) is 0. The number of aliphatic hydroxyl groups excluding tert-OH is 1. The summed E-state index contributed by atoms with van der Waals surface area (Å²) >= 11 is 1.38. The van der Waals surface area contributed by atoms with Gasteiger partial charge in [-0.15, -0.1) is 0 Å². The van der Waals surface area contributed by atoms with Crippen molar-refractivity contribution in [2.75, 3.05) is 18.5 Å². The molecule has 3 rings (SSSR count). The standard InChI is InChI=1S/C15H15N3O2S/c19-7-3-6-16-15-18-14(20)13(21-15)8-10-9-17-12-5-2-1-4-11(10)12/h1-2,4-5,8-9,19-20H,3,6-7H2,(H,16,18). The van der Waals surface area contributed by atoms with E-state index in [9.17, 15) is 5.11 Å². The monoisotopic (exact) mass is 301 g/mol. The number of hydrogen-bond acceptors (Lipinski definition) is 6. The lowest BCUT2D eigenvalue weighted by Gasteiger charge is -1.98. The molecule has 0 radical (unpaired) electrons. The highest BCUT2D eigenvalue weighted by molar-refractivity contribution is 7.16. The molecule has 1 aromatic carbocycles. The van der Waals surface area contributed by atoms with Crippen LogP contribution in [0.25, 0.3) is 11.6 Å². The fourth-order valence-corrected chi connectivity index (χ4v) is 2.90. The van der Waals surface area contributed by atoms with Crippen molar-refractivity contribution in [1.29, 1.82) is 0 Å². The molecule has 0 amide bonds. The van der Waals surface area contributed by atoms with E-state index in [-0.39, 0.29) is 12.5 Å². The number of allylic oxidation sites excluding steroid dienone is 1. The Morgan fingerprint density at radius 3 is 3.00 bits per heavy atom. The van der Waals surface area contributed by atoms with Gasteiger partial charge in [0.25, 0.3) is 0 Å². The number of aliphatic imine (C=N–C) groups is 1. The van der Waals surface area contributed by atoms with Crippen molar-refractivity contribution in [2.24, 2.45) is 4.99 Å². The van der Waals surface area contributed by atoms with Crippen molar-refractivity contribution in [3.05, 3.63) is 34.7 Å². The van der Waals surface area contributed by atoms with Crippen LogP contribution in [0.5, 0.6) is 5.88 Å². The number of aromatic nitrogens is 1. The fourth-order valence-electron chi connectivity index (χ4n) is 2.06. The molecule has 2 heterocycles. The van der Waals surface area contributed by atoms with E-state index in [1.807, 2.05) is 30.3 Å². The number of thiazole rings is 1. The third kappa shape index (κ3) is 2.96. The van der Waals surface area contributed by atoms with Crippen molar-refractivity contribution in [3.63, 3.8) is 0 Å². The Labute approximate surface area is 126 Å². The van der Waals surface area contributed by atoms with Crippen LogP contribution < -0.4 is 5.32 Å². The number of para-hydroxylation sites is 1. The number of rotatable bonds is 5. The summed E-state index contributed by atoms with van der Waals surface area (Å²) in [5.74, 6) is 0.0109. The Hall–Kier alpha value is -2.18. The van der Waals surface area contributed by atoms with E-state index in [0.29, 0.717) is 23.0 Å². The summed E-state index contributed by atoms with van der Waals surface area (Å²) in [4.78, 5) is 9.11. The van der Waals surface area contributed by atoms with Gasteiger partial charge in [-0.05, 0) is 18.6 Å². The maximum Gasteiger partial charge on any atom is 0.231 e. The highest BCUT2D eigenvalue weighted by Crippen LogP contribution is 2.36. The molecule has 108 valence electrons. The van der Waals surface area contributed by atoms with Crippen LogP contribution in [0.2, 0.25) is 0 Å². The minimum Gasteiger partial charge on any atom is -0.492 e. The molecule has 2 aromatic rings. The van der Waals surface area contributed by atoms with Crippen molar-refractivity contribution in [3.8, 4) is 5.88 Å². The van der Waals surface area contributed by atoms with Gasteiger partial charge in [0.15, 0.2) is 5.13 Å². The third-order valence-electron chi connectivity index (χ3n) is 3.09.